The molecular weight excluding hydrogens is 398 g/mol. The lowest BCUT2D eigenvalue weighted by Gasteiger charge is -2.33. The zero-order valence-corrected chi connectivity index (χ0v) is 17.1. The minimum Gasteiger partial charge on any atom is -0.451 e. The van der Waals surface area contributed by atoms with Crippen LogP contribution in [0.4, 0.5) is 0 Å². The molecule has 2 fully saturated rings. The van der Waals surface area contributed by atoms with Gasteiger partial charge in [0.15, 0.2) is 16.4 Å². The molecule has 1 atom stereocenters. The van der Waals surface area contributed by atoms with Crippen LogP contribution in [0.3, 0.4) is 0 Å². The molecule has 1 amide bonds. The van der Waals surface area contributed by atoms with Crippen LogP contribution < -0.4 is 0 Å². The van der Waals surface area contributed by atoms with Crippen molar-refractivity contribution in [1.82, 2.24) is 4.90 Å². The summed E-state index contributed by atoms with van der Waals surface area (Å²) in [6, 6.07) is 9.19. The van der Waals surface area contributed by atoms with Crippen molar-refractivity contribution in [3.63, 3.8) is 0 Å². The third-order valence-electron chi connectivity index (χ3n) is 5.56. The Hall–Kier alpha value is -1.93. The van der Waals surface area contributed by atoms with E-state index in [1.54, 1.807) is 11.0 Å². The summed E-state index contributed by atoms with van der Waals surface area (Å²) in [7, 11) is -3.09. The van der Waals surface area contributed by atoms with Crippen LogP contribution in [0.25, 0.3) is 10.1 Å². The first kappa shape index (κ1) is 19.4. The molecular formula is C20H23NO5S2. The van der Waals surface area contributed by atoms with E-state index < -0.39 is 15.8 Å². The number of esters is 1. The second-order valence-electron chi connectivity index (χ2n) is 7.52. The van der Waals surface area contributed by atoms with Crippen LogP contribution >= 0.6 is 11.3 Å². The van der Waals surface area contributed by atoms with Crippen molar-refractivity contribution in [1.29, 1.82) is 0 Å². The highest BCUT2D eigenvalue weighted by Crippen LogP contribution is 2.30. The number of carbonyl (C=O) groups excluding carboxylic acids is 2. The number of thiophene rings is 1. The molecule has 1 aromatic carbocycles. The maximum atomic E-state index is 12.9. The van der Waals surface area contributed by atoms with Gasteiger partial charge in [0, 0.05) is 16.8 Å². The Morgan fingerprint density at radius 3 is 2.54 bits per heavy atom. The predicted octanol–water partition coefficient (Wildman–Crippen LogP) is 3.02. The van der Waals surface area contributed by atoms with Gasteiger partial charge in [0.25, 0.3) is 5.91 Å². The minimum absolute atomic E-state index is 0.0134. The fourth-order valence-electron chi connectivity index (χ4n) is 4.24. The van der Waals surface area contributed by atoms with E-state index in [1.165, 1.54) is 11.3 Å². The summed E-state index contributed by atoms with van der Waals surface area (Å²) in [4.78, 5) is 27.5. The molecule has 2 aromatic rings. The first-order valence-electron chi connectivity index (χ1n) is 9.60. The van der Waals surface area contributed by atoms with Crippen molar-refractivity contribution in [2.24, 2.45) is 0 Å². The van der Waals surface area contributed by atoms with Gasteiger partial charge in [0.1, 0.15) is 4.88 Å². The monoisotopic (exact) mass is 421 g/mol. The van der Waals surface area contributed by atoms with Crippen molar-refractivity contribution in [3.8, 4) is 0 Å². The normalized spacial score (nSPS) is 21.8. The number of rotatable bonds is 5. The van der Waals surface area contributed by atoms with Crippen LogP contribution in [-0.2, 0) is 19.4 Å². The summed E-state index contributed by atoms with van der Waals surface area (Å²) < 4.78 is 30.1. The topological polar surface area (TPSA) is 80.8 Å². The minimum atomic E-state index is -3.09. The summed E-state index contributed by atoms with van der Waals surface area (Å²) in [5.74, 6) is -0.668. The zero-order valence-electron chi connectivity index (χ0n) is 15.5. The summed E-state index contributed by atoms with van der Waals surface area (Å²) in [6.45, 7) is -0.347. The molecule has 0 radical (unpaired) electrons. The van der Waals surface area contributed by atoms with Gasteiger partial charge in [-0.3, -0.25) is 4.79 Å². The summed E-state index contributed by atoms with van der Waals surface area (Å²) in [5.41, 5.74) is 0. The lowest BCUT2D eigenvalue weighted by atomic mass is 10.1. The highest BCUT2D eigenvalue weighted by molar-refractivity contribution is 7.91. The Morgan fingerprint density at radius 2 is 1.86 bits per heavy atom. The van der Waals surface area contributed by atoms with Gasteiger partial charge in [-0.25, -0.2) is 13.2 Å². The fraction of sp³-hybridized carbons (Fsp3) is 0.500. The molecule has 1 aliphatic carbocycles. The molecule has 8 heteroatoms. The van der Waals surface area contributed by atoms with Gasteiger partial charge in [-0.15, -0.1) is 11.3 Å². The number of amides is 1. The first-order valence-corrected chi connectivity index (χ1v) is 12.2. The SMILES string of the molecule is O=C(OCC(=O)N(C1CCCC1)[C@H]1CCS(=O)(=O)C1)c1cc2ccccc2s1. The highest BCUT2D eigenvalue weighted by atomic mass is 32.2. The standard InChI is InChI=1S/C20H23NO5S2/c22-19(12-26-20(23)18-11-14-5-1-4-8-17(14)27-18)21(15-6-2-3-7-15)16-9-10-28(24,25)13-16/h1,4-5,8,11,15-16H,2-3,6-7,9-10,12-13H2/t16-/m0/s1. The van der Waals surface area contributed by atoms with Crippen LogP contribution in [0, 0.1) is 0 Å². The van der Waals surface area contributed by atoms with Crippen LogP contribution in [-0.4, -0.2) is 55.4 Å². The summed E-state index contributed by atoms with van der Waals surface area (Å²) in [5, 5.41) is 0.967. The molecule has 1 saturated carbocycles. The summed E-state index contributed by atoms with van der Waals surface area (Å²) in [6.07, 6.45) is 4.30. The van der Waals surface area contributed by atoms with E-state index in [9.17, 15) is 18.0 Å². The molecule has 2 aliphatic rings. The Morgan fingerprint density at radius 1 is 1.11 bits per heavy atom. The number of ether oxygens (including phenoxy) is 1. The first-order chi connectivity index (χ1) is 13.4. The van der Waals surface area contributed by atoms with Crippen molar-refractivity contribution in [3.05, 3.63) is 35.2 Å². The van der Waals surface area contributed by atoms with Gasteiger partial charge in [0.05, 0.1) is 11.5 Å². The van der Waals surface area contributed by atoms with E-state index in [0.717, 1.165) is 35.8 Å². The van der Waals surface area contributed by atoms with Gasteiger partial charge in [0.2, 0.25) is 0 Å². The second-order valence-corrected chi connectivity index (χ2v) is 10.8. The number of benzene rings is 1. The molecule has 28 heavy (non-hydrogen) atoms. The lowest BCUT2D eigenvalue weighted by Crippen LogP contribution is -2.48. The number of hydrogen-bond acceptors (Lipinski definition) is 6. The van der Waals surface area contributed by atoms with Gasteiger partial charge in [-0.2, -0.15) is 0 Å². The van der Waals surface area contributed by atoms with E-state index in [-0.39, 0.29) is 36.1 Å². The molecule has 4 rings (SSSR count). The summed E-state index contributed by atoms with van der Waals surface area (Å²) >= 11 is 1.34. The molecule has 0 spiro atoms. The Labute approximate surface area is 168 Å². The fourth-order valence-corrected chi connectivity index (χ4v) is 6.91. The van der Waals surface area contributed by atoms with E-state index in [1.807, 2.05) is 24.3 Å². The Bertz CT molecular complexity index is 958. The number of carbonyl (C=O) groups is 2. The average molecular weight is 422 g/mol. The Kier molecular flexibility index (Phi) is 5.42. The average Bonchev–Trinajstić information content (AvgIpc) is 3.39. The molecule has 1 aromatic heterocycles. The number of hydrogen-bond donors (Lipinski definition) is 0. The van der Waals surface area contributed by atoms with Gasteiger partial charge in [-0.05, 0) is 36.8 Å². The number of fused-ring (bicyclic) bond motifs is 1. The van der Waals surface area contributed by atoms with Crippen LogP contribution in [0.5, 0.6) is 0 Å². The van der Waals surface area contributed by atoms with Crippen LogP contribution in [0.1, 0.15) is 41.8 Å². The van der Waals surface area contributed by atoms with Crippen LogP contribution in [0.15, 0.2) is 30.3 Å². The van der Waals surface area contributed by atoms with E-state index in [4.69, 9.17) is 4.74 Å². The maximum Gasteiger partial charge on any atom is 0.348 e. The predicted molar refractivity (Wildman–Crippen MR) is 108 cm³/mol. The maximum absolute atomic E-state index is 12.9. The zero-order chi connectivity index (χ0) is 19.7. The molecule has 1 aliphatic heterocycles. The molecule has 1 saturated heterocycles. The molecule has 0 N–H and O–H groups in total. The third kappa shape index (κ3) is 4.07. The van der Waals surface area contributed by atoms with Gasteiger partial charge in [-0.1, -0.05) is 31.0 Å². The second kappa shape index (κ2) is 7.83. The quantitative estimate of drug-likeness (QED) is 0.693. The largest absolute Gasteiger partial charge is 0.451 e. The third-order valence-corrected chi connectivity index (χ3v) is 8.41. The van der Waals surface area contributed by atoms with Crippen molar-refractivity contribution >= 4 is 43.1 Å². The smallest absolute Gasteiger partial charge is 0.348 e. The van der Waals surface area contributed by atoms with E-state index in [2.05, 4.69) is 0 Å². The molecule has 6 nitrogen and oxygen atoms in total. The van der Waals surface area contributed by atoms with Crippen molar-refractivity contribution in [2.45, 2.75) is 44.2 Å². The van der Waals surface area contributed by atoms with Crippen LogP contribution in [0.2, 0.25) is 0 Å². The lowest BCUT2D eigenvalue weighted by molar-refractivity contribution is -0.139. The Balaban J connectivity index is 1.44. The van der Waals surface area contributed by atoms with E-state index >= 15 is 0 Å². The molecule has 150 valence electrons. The number of nitrogens with zero attached hydrogens (tertiary/aromatic N) is 1. The van der Waals surface area contributed by atoms with Gasteiger partial charge < -0.3 is 9.64 Å². The van der Waals surface area contributed by atoms with Crippen molar-refractivity contribution in [2.75, 3.05) is 18.1 Å². The molecule has 0 bridgehead atoms. The van der Waals surface area contributed by atoms with Gasteiger partial charge >= 0.3 is 5.97 Å². The molecule has 0 unspecified atom stereocenters. The number of sulfone groups is 1. The molecule has 2 heterocycles. The van der Waals surface area contributed by atoms with Crippen molar-refractivity contribution < 1.29 is 22.7 Å². The van der Waals surface area contributed by atoms with E-state index in [0.29, 0.717) is 11.3 Å². The highest BCUT2D eigenvalue weighted by Gasteiger charge is 2.39.